The second-order valence-corrected chi connectivity index (χ2v) is 6.09. The summed E-state index contributed by atoms with van der Waals surface area (Å²) in [5.41, 5.74) is 0.821. The molecular formula is C12H22O. The Hall–Kier alpha value is -0.330. The average Bonchev–Trinajstić information content (AvgIpc) is 1.92. The third-order valence-corrected chi connectivity index (χ3v) is 2.97. The van der Waals surface area contributed by atoms with E-state index in [-0.39, 0.29) is 0 Å². The Morgan fingerprint density at radius 3 is 2.08 bits per heavy atom. The monoisotopic (exact) mass is 182 g/mol. The minimum Gasteiger partial charge on any atom is -0.300 e. The van der Waals surface area contributed by atoms with E-state index in [1.165, 1.54) is 6.42 Å². The van der Waals surface area contributed by atoms with Gasteiger partial charge >= 0.3 is 0 Å². The molecule has 0 heterocycles. The third-order valence-electron chi connectivity index (χ3n) is 2.97. The van der Waals surface area contributed by atoms with Crippen LogP contribution in [0.1, 0.15) is 59.8 Å². The van der Waals surface area contributed by atoms with Crippen molar-refractivity contribution in [1.29, 1.82) is 0 Å². The number of ketones is 1. The summed E-state index contributed by atoms with van der Waals surface area (Å²) in [7, 11) is 0. The number of Topliss-reactive ketones (excluding diaryl/α,β-unsaturated/α-hetero) is 1. The molecule has 0 aromatic rings. The van der Waals surface area contributed by atoms with E-state index in [9.17, 15) is 4.79 Å². The van der Waals surface area contributed by atoms with Gasteiger partial charge in [0.2, 0.25) is 0 Å². The lowest BCUT2D eigenvalue weighted by Crippen LogP contribution is -2.29. The third kappa shape index (κ3) is 3.50. The lowest BCUT2D eigenvalue weighted by Gasteiger charge is -2.38. The topological polar surface area (TPSA) is 17.1 Å². The van der Waals surface area contributed by atoms with Crippen LogP contribution in [-0.4, -0.2) is 5.78 Å². The van der Waals surface area contributed by atoms with E-state index >= 15 is 0 Å². The molecule has 0 aromatic heterocycles. The van der Waals surface area contributed by atoms with E-state index in [1.54, 1.807) is 0 Å². The highest BCUT2D eigenvalue weighted by Crippen LogP contribution is 2.43. The molecule has 0 aromatic carbocycles. The van der Waals surface area contributed by atoms with Crippen molar-refractivity contribution in [3.63, 3.8) is 0 Å². The first-order valence-electron chi connectivity index (χ1n) is 5.33. The van der Waals surface area contributed by atoms with Gasteiger partial charge in [-0.15, -0.1) is 0 Å². The molecule has 1 rings (SSSR count). The maximum atomic E-state index is 11.1. The van der Waals surface area contributed by atoms with Gasteiger partial charge < -0.3 is 0 Å². The van der Waals surface area contributed by atoms with Gasteiger partial charge in [-0.3, -0.25) is 4.79 Å². The van der Waals surface area contributed by atoms with Crippen LogP contribution < -0.4 is 0 Å². The van der Waals surface area contributed by atoms with Crippen LogP contribution in [0.15, 0.2) is 0 Å². The summed E-state index contributed by atoms with van der Waals surface area (Å²) >= 11 is 0. The Bertz CT molecular complexity index is 188. The van der Waals surface area contributed by atoms with Crippen LogP contribution in [-0.2, 0) is 4.79 Å². The van der Waals surface area contributed by atoms with Gasteiger partial charge in [-0.2, -0.15) is 0 Å². The van der Waals surface area contributed by atoms with Gasteiger partial charge in [-0.05, 0) is 30.1 Å². The molecule has 0 spiro atoms. The van der Waals surface area contributed by atoms with Crippen molar-refractivity contribution in [3.05, 3.63) is 0 Å². The van der Waals surface area contributed by atoms with Crippen LogP contribution >= 0.6 is 0 Å². The van der Waals surface area contributed by atoms with E-state index in [0.29, 0.717) is 16.6 Å². The molecule has 0 amide bonds. The molecule has 1 nitrogen and oxygen atoms in total. The fourth-order valence-electron chi connectivity index (χ4n) is 2.59. The minimum atomic E-state index is 0.398. The van der Waals surface area contributed by atoms with Crippen LogP contribution in [0, 0.1) is 10.8 Å². The molecule has 0 atom stereocenters. The lowest BCUT2D eigenvalue weighted by atomic mass is 9.67. The highest BCUT2D eigenvalue weighted by Gasteiger charge is 2.33. The molecule has 0 unspecified atom stereocenters. The van der Waals surface area contributed by atoms with Crippen molar-refractivity contribution in [2.45, 2.75) is 59.8 Å². The van der Waals surface area contributed by atoms with E-state index in [2.05, 4.69) is 27.7 Å². The highest BCUT2D eigenvalue weighted by atomic mass is 16.1. The van der Waals surface area contributed by atoms with Crippen molar-refractivity contribution in [3.8, 4) is 0 Å². The Labute approximate surface area is 81.9 Å². The van der Waals surface area contributed by atoms with Crippen LogP contribution in [0.25, 0.3) is 0 Å². The second kappa shape index (κ2) is 3.43. The predicted octanol–water partition coefficient (Wildman–Crippen LogP) is 3.57. The van der Waals surface area contributed by atoms with Gasteiger partial charge in [0, 0.05) is 12.8 Å². The molecule has 1 aliphatic carbocycles. The Morgan fingerprint density at radius 2 is 1.69 bits per heavy atom. The molecule has 0 saturated heterocycles. The number of carbonyl (C=O) groups is 1. The van der Waals surface area contributed by atoms with Crippen molar-refractivity contribution >= 4 is 5.78 Å². The number of carbonyl (C=O) groups excluding carboxylic acids is 1. The van der Waals surface area contributed by atoms with Gasteiger partial charge in [0.1, 0.15) is 5.78 Å². The summed E-state index contributed by atoms with van der Waals surface area (Å²) in [5.74, 6) is 0.464. The zero-order valence-corrected chi connectivity index (χ0v) is 9.44. The Morgan fingerprint density at radius 1 is 1.23 bits per heavy atom. The second-order valence-electron chi connectivity index (χ2n) is 6.09. The molecule has 0 N–H and O–H groups in total. The molecule has 13 heavy (non-hydrogen) atoms. The minimum absolute atomic E-state index is 0.398. The number of hydrogen-bond donors (Lipinski definition) is 0. The normalized spacial score (nSPS) is 23.2. The van der Waals surface area contributed by atoms with E-state index in [1.807, 2.05) is 0 Å². The van der Waals surface area contributed by atoms with Gasteiger partial charge in [0.25, 0.3) is 0 Å². The smallest absolute Gasteiger partial charge is 0.132 e. The summed E-state index contributed by atoms with van der Waals surface area (Å²) in [6.45, 7) is 9.20. The summed E-state index contributed by atoms with van der Waals surface area (Å²) in [6, 6.07) is 0. The summed E-state index contributed by atoms with van der Waals surface area (Å²) in [4.78, 5) is 11.1. The summed E-state index contributed by atoms with van der Waals surface area (Å²) in [6.07, 6.45) is 5.07. The molecule has 0 radical (unpaired) electrons. The number of rotatable bonds is 1. The summed E-state index contributed by atoms with van der Waals surface area (Å²) in [5, 5.41) is 0. The quantitative estimate of drug-likeness (QED) is 0.606. The van der Waals surface area contributed by atoms with Gasteiger partial charge in [0.05, 0.1) is 0 Å². The molecular weight excluding hydrogens is 160 g/mol. The summed E-state index contributed by atoms with van der Waals surface area (Å²) < 4.78 is 0. The Kier molecular flexibility index (Phi) is 2.84. The zero-order valence-electron chi connectivity index (χ0n) is 9.44. The molecule has 1 fully saturated rings. The molecule has 1 saturated carbocycles. The first-order chi connectivity index (χ1) is 5.81. The van der Waals surface area contributed by atoms with Crippen LogP contribution in [0.3, 0.4) is 0 Å². The van der Waals surface area contributed by atoms with Crippen molar-refractivity contribution < 1.29 is 4.79 Å². The first-order valence-corrected chi connectivity index (χ1v) is 5.33. The van der Waals surface area contributed by atoms with E-state index in [0.717, 1.165) is 25.7 Å². The average molecular weight is 182 g/mol. The fraction of sp³-hybridized carbons (Fsp3) is 0.917. The first kappa shape index (κ1) is 10.7. The predicted molar refractivity (Wildman–Crippen MR) is 55.7 cm³/mol. The highest BCUT2D eigenvalue weighted by molar-refractivity contribution is 5.79. The fourth-order valence-corrected chi connectivity index (χ4v) is 2.59. The van der Waals surface area contributed by atoms with E-state index < -0.39 is 0 Å². The standard InChI is InChI=1S/C12H22O/c1-11(2,3)9-12(4)7-5-10(13)6-8-12/h5-9H2,1-4H3. The molecule has 1 heteroatoms. The van der Waals surface area contributed by atoms with Gasteiger partial charge in [0.15, 0.2) is 0 Å². The van der Waals surface area contributed by atoms with Gasteiger partial charge in [-0.1, -0.05) is 27.7 Å². The molecule has 0 bridgehead atoms. The zero-order chi connectivity index (χ0) is 10.1. The SMILES string of the molecule is CC(C)(C)CC1(C)CCC(=O)CC1. The van der Waals surface area contributed by atoms with Crippen LogP contribution in [0.5, 0.6) is 0 Å². The van der Waals surface area contributed by atoms with Gasteiger partial charge in [-0.25, -0.2) is 0 Å². The molecule has 0 aliphatic heterocycles. The molecule has 76 valence electrons. The number of hydrogen-bond acceptors (Lipinski definition) is 1. The largest absolute Gasteiger partial charge is 0.300 e. The molecule has 1 aliphatic rings. The van der Waals surface area contributed by atoms with Crippen LogP contribution in [0.2, 0.25) is 0 Å². The van der Waals surface area contributed by atoms with Crippen molar-refractivity contribution in [2.75, 3.05) is 0 Å². The van der Waals surface area contributed by atoms with Crippen molar-refractivity contribution in [2.24, 2.45) is 10.8 Å². The van der Waals surface area contributed by atoms with E-state index in [4.69, 9.17) is 0 Å². The maximum Gasteiger partial charge on any atom is 0.132 e. The lowest BCUT2D eigenvalue weighted by molar-refractivity contribution is -0.122. The maximum absolute atomic E-state index is 11.1. The van der Waals surface area contributed by atoms with Crippen molar-refractivity contribution in [1.82, 2.24) is 0 Å². The van der Waals surface area contributed by atoms with Crippen LogP contribution in [0.4, 0.5) is 0 Å². The Balaban J connectivity index is 2.52.